The summed E-state index contributed by atoms with van der Waals surface area (Å²) >= 11 is 0. The number of para-hydroxylation sites is 1. The Morgan fingerprint density at radius 3 is 2.78 bits per heavy atom. The van der Waals surface area contributed by atoms with Crippen LogP contribution in [-0.4, -0.2) is 21.1 Å². The summed E-state index contributed by atoms with van der Waals surface area (Å²) in [5.41, 5.74) is -0.120. The number of carbonyl (C=O) groups excluding carboxylic acids is 1. The van der Waals surface area contributed by atoms with E-state index in [2.05, 4.69) is 10.3 Å². The van der Waals surface area contributed by atoms with Crippen LogP contribution in [0.15, 0.2) is 46.1 Å². The summed E-state index contributed by atoms with van der Waals surface area (Å²) in [6.45, 7) is 0.220. The topological polar surface area (TPSA) is 93.2 Å². The Kier molecular flexibility index (Phi) is 4.59. The van der Waals surface area contributed by atoms with Crippen molar-refractivity contribution in [1.82, 2.24) is 14.9 Å². The lowest BCUT2D eigenvalue weighted by Crippen LogP contribution is -2.43. The highest BCUT2D eigenvalue weighted by Crippen LogP contribution is 2.46. The lowest BCUT2D eigenvalue weighted by Gasteiger charge is -2.40. The maximum Gasteiger partial charge on any atom is 0.328 e. The molecule has 2 N–H and O–H groups in total. The van der Waals surface area contributed by atoms with Gasteiger partial charge in [-0.05, 0) is 31.7 Å². The van der Waals surface area contributed by atoms with E-state index in [1.807, 2.05) is 24.3 Å². The number of benzene rings is 1. The van der Waals surface area contributed by atoms with E-state index in [0.29, 0.717) is 0 Å². The van der Waals surface area contributed by atoms with E-state index >= 15 is 0 Å². The molecule has 1 saturated carbocycles. The summed E-state index contributed by atoms with van der Waals surface area (Å²) in [4.78, 5) is 37.6. The quantitative estimate of drug-likeness (QED) is 0.861. The van der Waals surface area contributed by atoms with E-state index in [1.54, 1.807) is 0 Å². The van der Waals surface area contributed by atoms with Crippen LogP contribution in [0.4, 0.5) is 0 Å². The maximum atomic E-state index is 12.5. The number of nitrogens with one attached hydrogen (secondary N) is 2. The fourth-order valence-corrected chi connectivity index (χ4v) is 4.18. The summed E-state index contributed by atoms with van der Waals surface area (Å²) in [5, 5.41) is 3.12. The standard InChI is InChI=1S/C20H23N3O4/c24-17(7-11-23-12-8-18(25)22-19(23)26)21-15-13-20(9-3-4-10-20)27-16-6-2-1-5-14(15)16/h1-2,5-6,8,12,15H,3-4,7,9-11,13H2,(H,21,24)(H,22,25,26). The third kappa shape index (κ3) is 3.67. The van der Waals surface area contributed by atoms with E-state index in [9.17, 15) is 14.4 Å². The highest BCUT2D eigenvalue weighted by molar-refractivity contribution is 5.76. The van der Waals surface area contributed by atoms with Crippen molar-refractivity contribution in [2.75, 3.05) is 0 Å². The number of aromatic amines is 1. The second kappa shape index (κ2) is 7.06. The molecule has 2 heterocycles. The Morgan fingerprint density at radius 1 is 1.22 bits per heavy atom. The van der Waals surface area contributed by atoms with Crippen LogP contribution < -0.4 is 21.3 Å². The normalized spacial score (nSPS) is 20.1. The molecule has 142 valence electrons. The largest absolute Gasteiger partial charge is 0.487 e. The first-order valence-corrected chi connectivity index (χ1v) is 9.42. The van der Waals surface area contributed by atoms with Gasteiger partial charge in [0.1, 0.15) is 11.4 Å². The summed E-state index contributed by atoms with van der Waals surface area (Å²) in [7, 11) is 0. The third-order valence-electron chi connectivity index (χ3n) is 5.52. The first kappa shape index (κ1) is 17.6. The molecule has 0 saturated heterocycles. The molecule has 1 aromatic heterocycles. The lowest BCUT2D eigenvalue weighted by molar-refractivity contribution is -0.122. The van der Waals surface area contributed by atoms with Gasteiger partial charge in [0.25, 0.3) is 5.56 Å². The first-order valence-electron chi connectivity index (χ1n) is 9.42. The molecule has 2 aliphatic rings. The predicted octanol–water partition coefficient (Wildman–Crippen LogP) is 1.88. The number of H-pyrrole nitrogens is 1. The number of hydrogen-bond acceptors (Lipinski definition) is 4. The fourth-order valence-electron chi connectivity index (χ4n) is 4.18. The van der Waals surface area contributed by atoms with E-state index in [4.69, 9.17) is 4.74 Å². The fraction of sp³-hybridized carbons (Fsp3) is 0.450. The molecule has 2 aromatic rings. The highest BCUT2D eigenvalue weighted by atomic mass is 16.5. The van der Waals surface area contributed by atoms with Crippen LogP contribution in [0.1, 0.15) is 50.1 Å². The Bertz CT molecular complexity index is 956. The number of amides is 1. The summed E-state index contributed by atoms with van der Waals surface area (Å²) < 4.78 is 7.65. The van der Waals surface area contributed by atoms with Crippen LogP contribution >= 0.6 is 0 Å². The van der Waals surface area contributed by atoms with Gasteiger partial charge in [0.05, 0.1) is 6.04 Å². The SMILES string of the molecule is O=C(CCn1ccc(=O)[nH]c1=O)NC1CC2(CCCC2)Oc2ccccc21. The van der Waals surface area contributed by atoms with Crippen LogP contribution in [0.25, 0.3) is 0 Å². The number of aryl methyl sites for hydroxylation is 1. The van der Waals surface area contributed by atoms with Crippen LogP contribution in [0.2, 0.25) is 0 Å². The lowest BCUT2D eigenvalue weighted by atomic mass is 9.86. The Morgan fingerprint density at radius 2 is 2.00 bits per heavy atom. The summed E-state index contributed by atoms with van der Waals surface area (Å²) in [5.74, 6) is 0.732. The zero-order valence-electron chi connectivity index (χ0n) is 15.1. The Hall–Kier alpha value is -2.83. The van der Waals surface area contributed by atoms with E-state index in [1.165, 1.54) is 16.8 Å². The molecule has 27 heavy (non-hydrogen) atoms. The average molecular weight is 369 g/mol. The average Bonchev–Trinajstić information content (AvgIpc) is 3.08. The van der Waals surface area contributed by atoms with E-state index < -0.39 is 11.2 Å². The number of aromatic nitrogens is 2. The molecule has 1 aliphatic carbocycles. The van der Waals surface area contributed by atoms with Gasteiger partial charge in [-0.3, -0.25) is 14.6 Å². The summed E-state index contributed by atoms with van der Waals surface area (Å²) in [6, 6.07) is 9.05. The molecule has 0 bridgehead atoms. The number of hydrogen-bond donors (Lipinski definition) is 2. The molecular weight excluding hydrogens is 346 g/mol. The molecular formula is C20H23N3O4. The smallest absolute Gasteiger partial charge is 0.328 e. The van der Waals surface area contributed by atoms with Crippen LogP contribution in [0.5, 0.6) is 5.75 Å². The number of nitrogens with zero attached hydrogens (tertiary/aromatic N) is 1. The van der Waals surface area contributed by atoms with Crippen molar-refractivity contribution >= 4 is 5.91 Å². The van der Waals surface area contributed by atoms with Gasteiger partial charge in [0, 0.05) is 37.2 Å². The molecule has 1 aromatic carbocycles. The van der Waals surface area contributed by atoms with Crippen molar-refractivity contribution < 1.29 is 9.53 Å². The molecule has 1 atom stereocenters. The second-order valence-corrected chi connectivity index (χ2v) is 7.41. The highest BCUT2D eigenvalue weighted by Gasteiger charge is 2.43. The van der Waals surface area contributed by atoms with Gasteiger partial charge in [0.2, 0.25) is 5.91 Å². The minimum Gasteiger partial charge on any atom is -0.487 e. The van der Waals surface area contributed by atoms with Gasteiger partial charge in [-0.2, -0.15) is 0 Å². The molecule has 1 aliphatic heterocycles. The van der Waals surface area contributed by atoms with Crippen molar-refractivity contribution in [2.45, 2.75) is 56.7 Å². The minimum atomic E-state index is -0.503. The third-order valence-corrected chi connectivity index (χ3v) is 5.52. The van der Waals surface area contributed by atoms with Crippen LogP contribution in [-0.2, 0) is 11.3 Å². The maximum absolute atomic E-state index is 12.5. The van der Waals surface area contributed by atoms with Crippen molar-refractivity contribution in [1.29, 1.82) is 0 Å². The van der Waals surface area contributed by atoms with Crippen molar-refractivity contribution in [2.24, 2.45) is 0 Å². The predicted molar refractivity (Wildman–Crippen MR) is 99.7 cm³/mol. The molecule has 1 unspecified atom stereocenters. The van der Waals surface area contributed by atoms with Gasteiger partial charge >= 0.3 is 5.69 Å². The molecule has 1 amide bonds. The monoisotopic (exact) mass is 369 g/mol. The van der Waals surface area contributed by atoms with Gasteiger partial charge in [-0.1, -0.05) is 18.2 Å². The van der Waals surface area contributed by atoms with Crippen LogP contribution in [0.3, 0.4) is 0 Å². The molecule has 0 radical (unpaired) electrons. The van der Waals surface area contributed by atoms with Gasteiger partial charge < -0.3 is 14.6 Å². The summed E-state index contributed by atoms with van der Waals surface area (Å²) in [6.07, 6.45) is 6.68. The zero-order chi connectivity index (χ0) is 18.9. The van der Waals surface area contributed by atoms with Gasteiger partial charge in [0.15, 0.2) is 0 Å². The second-order valence-electron chi connectivity index (χ2n) is 7.41. The van der Waals surface area contributed by atoms with Crippen molar-refractivity contribution in [3.8, 4) is 5.75 Å². The van der Waals surface area contributed by atoms with Gasteiger partial charge in [-0.15, -0.1) is 0 Å². The van der Waals surface area contributed by atoms with E-state index in [-0.39, 0.29) is 30.5 Å². The minimum absolute atomic E-state index is 0.0900. The molecule has 4 rings (SSSR count). The van der Waals surface area contributed by atoms with Crippen molar-refractivity contribution in [3.63, 3.8) is 0 Å². The van der Waals surface area contributed by atoms with E-state index in [0.717, 1.165) is 43.4 Å². The molecule has 7 heteroatoms. The Labute approximate surface area is 156 Å². The number of carbonyl (C=O) groups is 1. The number of rotatable bonds is 4. The molecule has 7 nitrogen and oxygen atoms in total. The zero-order valence-corrected chi connectivity index (χ0v) is 15.1. The van der Waals surface area contributed by atoms with Crippen molar-refractivity contribution in [3.05, 3.63) is 62.9 Å². The molecule has 1 spiro atoms. The first-order chi connectivity index (χ1) is 13.0. The van der Waals surface area contributed by atoms with Crippen LogP contribution in [0, 0.1) is 0 Å². The number of fused-ring (bicyclic) bond motifs is 1. The Balaban J connectivity index is 1.46. The van der Waals surface area contributed by atoms with Gasteiger partial charge in [-0.25, -0.2) is 4.79 Å². The molecule has 1 fully saturated rings. The number of ether oxygens (including phenoxy) is 1.